The third kappa shape index (κ3) is 5.51. The molecule has 0 aliphatic rings. The van der Waals surface area contributed by atoms with Crippen LogP contribution in [-0.2, 0) is 4.74 Å². The van der Waals surface area contributed by atoms with Crippen LogP contribution in [0.1, 0.15) is 17.3 Å². The number of rotatable bonds is 8. The zero-order chi connectivity index (χ0) is 17.4. The Morgan fingerprint density at radius 2 is 2.04 bits per heavy atom. The summed E-state index contributed by atoms with van der Waals surface area (Å²) in [6.07, 6.45) is 0.628. The van der Waals surface area contributed by atoms with Crippen molar-refractivity contribution in [3.8, 4) is 5.75 Å². The fraction of sp³-hybridized carbons (Fsp3) is 0.294. The van der Waals surface area contributed by atoms with Gasteiger partial charge >= 0.3 is 5.97 Å². The highest BCUT2D eigenvalue weighted by atomic mass is 19.1. The maximum absolute atomic E-state index is 12.8. The van der Waals surface area contributed by atoms with Crippen molar-refractivity contribution in [3.05, 3.63) is 54.0 Å². The Bertz CT molecular complexity index is 647. The van der Waals surface area contributed by atoms with E-state index in [2.05, 4.69) is 10.3 Å². The van der Waals surface area contributed by atoms with Gasteiger partial charge in [-0.1, -0.05) is 0 Å². The van der Waals surface area contributed by atoms with Gasteiger partial charge in [0.25, 0.3) is 0 Å². The molecule has 0 saturated carbocycles. The molecule has 6 nitrogen and oxygen atoms in total. The molecule has 0 aliphatic heterocycles. The number of nitrogens with zero attached hydrogens (tertiary/aromatic N) is 1. The number of pyridine rings is 1. The van der Waals surface area contributed by atoms with Crippen LogP contribution in [-0.4, -0.2) is 41.9 Å². The maximum atomic E-state index is 12.8. The molecule has 2 rings (SSSR count). The highest BCUT2D eigenvalue weighted by Crippen LogP contribution is 2.11. The molecular weight excluding hydrogens is 315 g/mol. The molecule has 7 heteroatoms. The van der Waals surface area contributed by atoms with Gasteiger partial charge in [-0.2, -0.15) is 0 Å². The van der Waals surface area contributed by atoms with E-state index in [0.717, 1.165) is 0 Å². The number of nitrogens with one attached hydrogen (secondary N) is 1. The lowest BCUT2D eigenvalue weighted by Gasteiger charge is -2.13. The Hall–Kier alpha value is -2.67. The van der Waals surface area contributed by atoms with Crippen LogP contribution in [0.3, 0.4) is 0 Å². The van der Waals surface area contributed by atoms with E-state index in [1.54, 1.807) is 19.1 Å². The van der Waals surface area contributed by atoms with Gasteiger partial charge in [-0.3, -0.25) is 0 Å². The molecule has 2 N–H and O–H groups in total. The fourth-order valence-corrected chi connectivity index (χ4v) is 1.84. The van der Waals surface area contributed by atoms with Crippen molar-refractivity contribution >= 4 is 11.8 Å². The van der Waals surface area contributed by atoms with Crippen LogP contribution < -0.4 is 10.1 Å². The van der Waals surface area contributed by atoms with Gasteiger partial charge in [0.05, 0.1) is 12.2 Å². The van der Waals surface area contributed by atoms with Gasteiger partial charge in [0.2, 0.25) is 0 Å². The number of esters is 1. The summed E-state index contributed by atoms with van der Waals surface area (Å²) < 4.78 is 23.0. The van der Waals surface area contributed by atoms with E-state index in [1.165, 1.54) is 30.5 Å². The van der Waals surface area contributed by atoms with Crippen LogP contribution in [0.4, 0.5) is 10.2 Å². The van der Waals surface area contributed by atoms with Crippen LogP contribution in [0.5, 0.6) is 5.75 Å². The number of hydrogen-bond donors (Lipinski definition) is 2. The predicted octanol–water partition coefficient (Wildman–Crippen LogP) is 2.25. The van der Waals surface area contributed by atoms with E-state index in [1.807, 2.05) is 0 Å². The molecule has 1 unspecified atom stereocenters. The van der Waals surface area contributed by atoms with Crippen molar-refractivity contribution in [2.45, 2.75) is 13.0 Å². The molecule has 0 saturated heterocycles. The van der Waals surface area contributed by atoms with Crippen molar-refractivity contribution < 1.29 is 23.8 Å². The lowest BCUT2D eigenvalue weighted by molar-refractivity contribution is 0.0526. The number of aliphatic hydroxyl groups excluding tert-OH is 1. The quantitative estimate of drug-likeness (QED) is 0.721. The number of halogens is 1. The molecular formula is C17H19FN2O4. The highest BCUT2D eigenvalue weighted by Gasteiger charge is 2.08. The number of aromatic nitrogens is 1. The molecule has 1 aromatic heterocycles. The first-order valence-corrected chi connectivity index (χ1v) is 7.52. The SMILES string of the molecule is CCOC(=O)c1ccc(NCC(O)COc2ccc(F)cc2)nc1. The highest BCUT2D eigenvalue weighted by molar-refractivity contribution is 5.89. The van der Waals surface area contributed by atoms with E-state index < -0.39 is 12.1 Å². The molecule has 1 atom stereocenters. The predicted molar refractivity (Wildman–Crippen MR) is 86.6 cm³/mol. The number of aliphatic hydroxyl groups is 1. The largest absolute Gasteiger partial charge is 0.491 e. The maximum Gasteiger partial charge on any atom is 0.339 e. The van der Waals surface area contributed by atoms with Crippen molar-refractivity contribution in [1.29, 1.82) is 0 Å². The molecule has 0 bridgehead atoms. The molecule has 24 heavy (non-hydrogen) atoms. The first-order chi connectivity index (χ1) is 11.6. The van der Waals surface area contributed by atoms with Gasteiger partial charge in [-0.25, -0.2) is 14.2 Å². The topological polar surface area (TPSA) is 80.7 Å². The Balaban J connectivity index is 1.75. The first-order valence-electron chi connectivity index (χ1n) is 7.52. The average Bonchev–Trinajstić information content (AvgIpc) is 2.60. The van der Waals surface area contributed by atoms with Gasteiger partial charge in [-0.05, 0) is 43.3 Å². The summed E-state index contributed by atoms with van der Waals surface area (Å²) in [5, 5.41) is 12.8. The second-order valence-corrected chi connectivity index (χ2v) is 4.95. The second kappa shape index (κ2) is 8.83. The van der Waals surface area contributed by atoms with Crippen LogP contribution in [0.2, 0.25) is 0 Å². The molecule has 0 spiro atoms. The second-order valence-electron chi connectivity index (χ2n) is 4.95. The van der Waals surface area contributed by atoms with Crippen LogP contribution in [0, 0.1) is 5.82 Å². The van der Waals surface area contributed by atoms with Crippen molar-refractivity contribution in [1.82, 2.24) is 4.98 Å². The van der Waals surface area contributed by atoms with E-state index >= 15 is 0 Å². The Kier molecular flexibility index (Phi) is 6.51. The smallest absolute Gasteiger partial charge is 0.339 e. The number of anilines is 1. The number of carbonyl (C=O) groups is 1. The third-order valence-electron chi connectivity index (χ3n) is 3.05. The van der Waals surface area contributed by atoms with Gasteiger partial charge in [0.1, 0.15) is 30.1 Å². The molecule has 0 amide bonds. The monoisotopic (exact) mass is 334 g/mol. The number of benzene rings is 1. The molecule has 1 aromatic carbocycles. The fourth-order valence-electron chi connectivity index (χ4n) is 1.84. The van der Waals surface area contributed by atoms with E-state index in [9.17, 15) is 14.3 Å². The Morgan fingerprint density at radius 3 is 2.67 bits per heavy atom. The number of hydrogen-bond acceptors (Lipinski definition) is 6. The molecule has 0 radical (unpaired) electrons. The van der Waals surface area contributed by atoms with Crippen molar-refractivity contribution in [2.24, 2.45) is 0 Å². The Morgan fingerprint density at radius 1 is 1.29 bits per heavy atom. The zero-order valence-corrected chi connectivity index (χ0v) is 13.2. The number of carbonyl (C=O) groups excluding carboxylic acids is 1. The van der Waals surface area contributed by atoms with Gasteiger partial charge in [-0.15, -0.1) is 0 Å². The number of ether oxygens (including phenoxy) is 2. The summed E-state index contributed by atoms with van der Waals surface area (Å²) in [5.74, 6) is 0.224. The summed E-state index contributed by atoms with van der Waals surface area (Å²) in [4.78, 5) is 15.6. The van der Waals surface area contributed by atoms with E-state index in [0.29, 0.717) is 23.7 Å². The molecule has 128 valence electrons. The molecule has 0 fully saturated rings. The standard InChI is InChI=1S/C17H19FN2O4/c1-2-23-17(22)12-3-8-16(19-9-12)20-10-14(21)11-24-15-6-4-13(18)5-7-15/h3-9,14,21H,2,10-11H2,1H3,(H,19,20). The summed E-state index contributed by atoms with van der Waals surface area (Å²) in [7, 11) is 0. The zero-order valence-electron chi connectivity index (χ0n) is 13.2. The van der Waals surface area contributed by atoms with Crippen LogP contribution >= 0.6 is 0 Å². The van der Waals surface area contributed by atoms with Gasteiger partial charge < -0.3 is 19.9 Å². The minimum Gasteiger partial charge on any atom is -0.491 e. The average molecular weight is 334 g/mol. The van der Waals surface area contributed by atoms with E-state index in [-0.39, 0.29) is 19.0 Å². The summed E-state index contributed by atoms with van der Waals surface area (Å²) in [5.41, 5.74) is 0.364. The summed E-state index contributed by atoms with van der Waals surface area (Å²) in [6, 6.07) is 8.77. The minimum atomic E-state index is -0.776. The third-order valence-corrected chi connectivity index (χ3v) is 3.05. The van der Waals surface area contributed by atoms with E-state index in [4.69, 9.17) is 9.47 Å². The molecule has 1 heterocycles. The normalized spacial score (nSPS) is 11.6. The Labute approximate surface area is 139 Å². The first kappa shape index (κ1) is 17.7. The van der Waals surface area contributed by atoms with Crippen LogP contribution in [0.15, 0.2) is 42.6 Å². The van der Waals surface area contributed by atoms with Crippen molar-refractivity contribution in [2.75, 3.05) is 25.1 Å². The van der Waals surface area contributed by atoms with Gasteiger partial charge in [0, 0.05) is 12.7 Å². The summed E-state index contributed by atoms with van der Waals surface area (Å²) >= 11 is 0. The summed E-state index contributed by atoms with van der Waals surface area (Å²) in [6.45, 7) is 2.31. The molecule has 2 aromatic rings. The lowest BCUT2D eigenvalue weighted by Crippen LogP contribution is -2.26. The molecule has 0 aliphatic carbocycles. The lowest BCUT2D eigenvalue weighted by atomic mass is 10.3. The van der Waals surface area contributed by atoms with Crippen LogP contribution in [0.25, 0.3) is 0 Å². The van der Waals surface area contributed by atoms with Crippen molar-refractivity contribution in [3.63, 3.8) is 0 Å². The minimum absolute atomic E-state index is 0.0551. The van der Waals surface area contributed by atoms with Gasteiger partial charge in [0.15, 0.2) is 0 Å².